The molecule has 2 aromatic rings. The van der Waals surface area contributed by atoms with Crippen molar-refractivity contribution in [2.45, 2.75) is 19.3 Å². The van der Waals surface area contributed by atoms with E-state index in [9.17, 15) is 9.59 Å². The van der Waals surface area contributed by atoms with Crippen molar-refractivity contribution in [3.8, 4) is 0 Å². The van der Waals surface area contributed by atoms with Gasteiger partial charge in [-0.3, -0.25) is 4.79 Å². The second-order valence-electron chi connectivity index (χ2n) is 6.24. The molecule has 0 atom stereocenters. The molecule has 1 fully saturated rings. The SMILES string of the molecule is O=C(O)c1cc2[nH]c(C(=O)N3CC=CCC4(CC4)C3)cc2s1. The van der Waals surface area contributed by atoms with E-state index in [4.69, 9.17) is 5.11 Å². The molecule has 22 heavy (non-hydrogen) atoms. The van der Waals surface area contributed by atoms with Gasteiger partial charge in [-0.25, -0.2) is 4.79 Å². The van der Waals surface area contributed by atoms with E-state index < -0.39 is 5.97 Å². The molecule has 1 saturated carbocycles. The van der Waals surface area contributed by atoms with E-state index in [0.717, 1.165) is 23.2 Å². The van der Waals surface area contributed by atoms with Crippen molar-refractivity contribution >= 4 is 33.4 Å². The van der Waals surface area contributed by atoms with Gasteiger partial charge in [0.05, 0.1) is 10.2 Å². The number of allylic oxidation sites excluding steroid dienone is 1. The van der Waals surface area contributed by atoms with Gasteiger partial charge < -0.3 is 15.0 Å². The molecule has 4 rings (SSSR count). The normalized spacial score (nSPS) is 19.5. The quantitative estimate of drug-likeness (QED) is 0.836. The molecule has 0 unspecified atom stereocenters. The largest absolute Gasteiger partial charge is 0.477 e. The van der Waals surface area contributed by atoms with E-state index >= 15 is 0 Å². The second kappa shape index (κ2) is 4.71. The molecule has 0 aromatic carbocycles. The van der Waals surface area contributed by atoms with Gasteiger partial charge in [-0.15, -0.1) is 11.3 Å². The highest BCUT2D eigenvalue weighted by atomic mass is 32.1. The second-order valence-corrected chi connectivity index (χ2v) is 7.32. The Bertz CT molecular complexity index is 766. The smallest absolute Gasteiger partial charge is 0.345 e. The van der Waals surface area contributed by atoms with Crippen LogP contribution in [0.2, 0.25) is 0 Å². The molecule has 1 spiro atoms. The van der Waals surface area contributed by atoms with Crippen LogP contribution in [0.1, 0.15) is 39.4 Å². The summed E-state index contributed by atoms with van der Waals surface area (Å²) < 4.78 is 0.812. The molecule has 5 nitrogen and oxygen atoms in total. The van der Waals surface area contributed by atoms with Crippen molar-refractivity contribution in [1.82, 2.24) is 9.88 Å². The van der Waals surface area contributed by atoms with Crippen molar-refractivity contribution in [3.05, 3.63) is 34.9 Å². The Morgan fingerprint density at radius 3 is 2.77 bits per heavy atom. The first kappa shape index (κ1) is 13.6. The monoisotopic (exact) mass is 316 g/mol. The Labute approximate surface area is 131 Å². The lowest BCUT2D eigenvalue weighted by molar-refractivity contribution is 0.0700. The summed E-state index contributed by atoms with van der Waals surface area (Å²) >= 11 is 1.19. The van der Waals surface area contributed by atoms with E-state index in [2.05, 4.69) is 17.1 Å². The average molecular weight is 316 g/mol. The molecule has 114 valence electrons. The number of aromatic amines is 1. The molecule has 0 radical (unpaired) electrons. The summed E-state index contributed by atoms with van der Waals surface area (Å²) in [7, 11) is 0. The summed E-state index contributed by atoms with van der Waals surface area (Å²) in [6.07, 6.45) is 7.72. The van der Waals surface area contributed by atoms with Gasteiger partial charge in [0.1, 0.15) is 10.6 Å². The first-order valence-electron chi connectivity index (χ1n) is 7.36. The molecule has 6 heteroatoms. The Kier molecular flexibility index (Phi) is 2.91. The van der Waals surface area contributed by atoms with Crippen molar-refractivity contribution < 1.29 is 14.7 Å². The summed E-state index contributed by atoms with van der Waals surface area (Å²) in [6.45, 7) is 1.46. The Balaban J connectivity index is 1.60. The number of H-pyrrole nitrogens is 1. The molecular weight excluding hydrogens is 300 g/mol. The number of aromatic carboxylic acids is 1. The van der Waals surface area contributed by atoms with Crippen LogP contribution >= 0.6 is 11.3 Å². The number of carboxylic acid groups (broad SMARTS) is 1. The molecule has 2 N–H and O–H groups in total. The maximum absolute atomic E-state index is 12.7. The minimum atomic E-state index is -0.934. The van der Waals surface area contributed by atoms with Crippen molar-refractivity contribution in [2.75, 3.05) is 13.1 Å². The van der Waals surface area contributed by atoms with Crippen molar-refractivity contribution in [2.24, 2.45) is 5.41 Å². The van der Waals surface area contributed by atoms with Crippen molar-refractivity contribution in [3.63, 3.8) is 0 Å². The summed E-state index contributed by atoms with van der Waals surface area (Å²) in [5.74, 6) is -0.936. The number of nitrogens with zero attached hydrogens (tertiary/aromatic N) is 1. The highest BCUT2D eigenvalue weighted by Gasteiger charge is 2.44. The van der Waals surface area contributed by atoms with Crippen LogP contribution in [-0.2, 0) is 0 Å². The van der Waals surface area contributed by atoms with E-state index in [1.54, 1.807) is 12.1 Å². The van der Waals surface area contributed by atoms with Gasteiger partial charge >= 0.3 is 5.97 Å². The van der Waals surface area contributed by atoms with Crippen LogP contribution < -0.4 is 0 Å². The summed E-state index contributed by atoms with van der Waals surface area (Å²) in [6, 6.07) is 3.35. The summed E-state index contributed by atoms with van der Waals surface area (Å²) in [5.41, 5.74) is 1.57. The van der Waals surface area contributed by atoms with E-state index in [1.165, 1.54) is 24.2 Å². The number of hydrogen-bond acceptors (Lipinski definition) is 3. The number of hydrogen-bond donors (Lipinski definition) is 2. The maximum atomic E-state index is 12.7. The predicted molar refractivity (Wildman–Crippen MR) is 84.5 cm³/mol. The number of carboxylic acids is 1. The fraction of sp³-hybridized carbons (Fsp3) is 0.375. The molecular formula is C16H16N2O3S. The number of carbonyl (C=O) groups excluding carboxylic acids is 1. The number of aromatic nitrogens is 1. The van der Waals surface area contributed by atoms with E-state index in [1.807, 2.05) is 4.90 Å². The van der Waals surface area contributed by atoms with E-state index in [-0.39, 0.29) is 10.8 Å². The molecule has 0 bridgehead atoms. The number of carbonyl (C=O) groups is 2. The topological polar surface area (TPSA) is 73.4 Å². The summed E-state index contributed by atoms with van der Waals surface area (Å²) in [4.78, 5) is 28.9. The standard InChI is InChI=1S/C16H16N2O3S/c19-14(18-6-2-1-3-16(9-18)4-5-16)11-8-12-10(17-11)7-13(22-12)15(20)21/h1-2,7-8,17H,3-6,9H2,(H,20,21). The van der Waals surface area contributed by atoms with E-state index in [0.29, 0.717) is 17.7 Å². The van der Waals surface area contributed by atoms with Gasteiger partial charge in [0.25, 0.3) is 5.91 Å². The minimum Gasteiger partial charge on any atom is -0.477 e. The van der Waals surface area contributed by atoms with Gasteiger partial charge in [0.2, 0.25) is 0 Å². The minimum absolute atomic E-state index is 0.00176. The molecule has 3 heterocycles. The third-order valence-electron chi connectivity index (χ3n) is 4.56. The average Bonchev–Trinajstić information content (AvgIpc) is 3.03. The van der Waals surface area contributed by atoms with Crippen LogP contribution in [0, 0.1) is 5.41 Å². The number of nitrogens with one attached hydrogen (secondary N) is 1. The Morgan fingerprint density at radius 2 is 2.09 bits per heavy atom. The Morgan fingerprint density at radius 1 is 1.27 bits per heavy atom. The van der Waals surface area contributed by atoms with Crippen LogP contribution in [0.25, 0.3) is 10.2 Å². The lowest BCUT2D eigenvalue weighted by atomic mass is 10.0. The Hall–Kier alpha value is -2.08. The number of amides is 1. The zero-order chi connectivity index (χ0) is 15.3. The van der Waals surface area contributed by atoms with Gasteiger partial charge in [-0.1, -0.05) is 12.2 Å². The molecule has 2 aliphatic rings. The van der Waals surface area contributed by atoms with Gasteiger partial charge in [0.15, 0.2) is 0 Å². The zero-order valence-electron chi connectivity index (χ0n) is 12.0. The molecule has 2 aromatic heterocycles. The third kappa shape index (κ3) is 2.23. The molecule has 1 aliphatic carbocycles. The highest BCUT2D eigenvalue weighted by molar-refractivity contribution is 7.20. The van der Waals surface area contributed by atoms with Gasteiger partial charge in [-0.05, 0) is 36.8 Å². The molecule has 1 amide bonds. The van der Waals surface area contributed by atoms with Crippen LogP contribution in [0.15, 0.2) is 24.3 Å². The maximum Gasteiger partial charge on any atom is 0.345 e. The van der Waals surface area contributed by atoms with Crippen molar-refractivity contribution in [1.29, 1.82) is 0 Å². The lowest BCUT2D eigenvalue weighted by Gasteiger charge is -2.23. The predicted octanol–water partition coefficient (Wildman–Crippen LogP) is 3.11. The van der Waals surface area contributed by atoms with Crippen LogP contribution in [0.3, 0.4) is 0 Å². The van der Waals surface area contributed by atoms with Crippen LogP contribution in [0.5, 0.6) is 0 Å². The van der Waals surface area contributed by atoms with Gasteiger partial charge in [-0.2, -0.15) is 0 Å². The zero-order valence-corrected chi connectivity index (χ0v) is 12.8. The van der Waals surface area contributed by atoms with Gasteiger partial charge in [0, 0.05) is 13.1 Å². The molecule has 0 saturated heterocycles. The third-order valence-corrected chi connectivity index (χ3v) is 5.63. The fourth-order valence-electron chi connectivity index (χ4n) is 3.08. The number of thiophene rings is 1. The number of fused-ring (bicyclic) bond motifs is 1. The first-order valence-corrected chi connectivity index (χ1v) is 8.18. The van der Waals surface area contributed by atoms with Crippen LogP contribution in [0.4, 0.5) is 0 Å². The lowest BCUT2D eigenvalue weighted by Crippen LogP contribution is -2.35. The first-order chi connectivity index (χ1) is 10.6. The number of rotatable bonds is 2. The molecule has 1 aliphatic heterocycles. The fourth-order valence-corrected chi connectivity index (χ4v) is 3.97. The summed E-state index contributed by atoms with van der Waals surface area (Å²) in [5, 5.41) is 9.00. The van der Waals surface area contributed by atoms with Crippen LogP contribution in [-0.4, -0.2) is 40.0 Å². The highest BCUT2D eigenvalue weighted by Crippen LogP contribution is 2.50.